The van der Waals surface area contributed by atoms with E-state index >= 15 is 0 Å². The van der Waals surface area contributed by atoms with Gasteiger partial charge in [0.2, 0.25) is 0 Å². The molecule has 1 heterocycles. The van der Waals surface area contributed by atoms with Crippen molar-refractivity contribution in [3.8, 4) is 0 Å². The lowest BCUT2D eigenvalue weighted by Gasteiger charge is -2.24. The first kappa shape index (κ1) is 23.8. The molecule has 1 amide bonds. The number of carbonyl (C=O) groups is 1. The quantitative estimate of drug-likeness (QED) is 0.419. The minimum atomic E-state index is -0.501. The molecule has 8 heteroatoms. The molecule has 0 radical (unpaired) electrons. The second kappa shape index (κ2) is 12.3. The standard InChI is InChI=1S/C20H38N6O2/c1-7-9-10-17(14-23-19(27)28-20(3,4)5)25-18(21-8-2)22-12-11-16-13-24-26(6)15-16/h13,15,17H,7-12,14H2,1-6H3,(H,23,27)(H2,21,22,25). The summed E-state index contributed by atoms with van der Waals surface area (Å²) < 4.78 is 7.13. The highest BCUT2D eigenvalue weighted by atomic mass is 16.6. The number of unbranched alkanes of at least 4 members (excludes halogenated alkanes) is 1. The predicted molar refractivity (Wildman–Crippen MR) is 114 cm³/mol. The van der Waals surface area contributed by atoms with E-state index in [1.807, 2.05) is 47.1 Å². The maximum absolute atomic E-state index is 12.0. The molecule has 1 aromatic rings. The van der Waals surface area contributed by atoms with E-state index < -0.39 is 11.7 Å². The molecular formula is C20H38N6O2. The van der Waals surface area contributed by atoms with E-state index in [0.29, 0.717) is 13.1 Å². The predicted octanol–water partition coefficient (Wildman–Crippen LogP) is 2.60. The van der Waals surface area contributed by atoms with Crippen LogP contribution in [0.4, 0.5) is 4.79 Å². The average molecular weight is 395 g/mol. The smallest absolute Gasteiger partial charge is 0.407 e. The Morgan fingerprint density at radius 2 is 2.07 bits per heavy atom. The van der Waals surface area contributed by atoms with Crippen molar-refractivity contribution < 1.29 is 9.53 Å². The van der Waals surface area contributed by atoms with Crippen LogP contribution in [0.15, 0.2) is 17.4 Å². The number of carbonyl (C=O) groups excluding carboxylic acids is 1. The van der Waals surface area contributed by atoms with Gasteiger partial charge in [-0.2, -0.15) is 5.10 Å². The number of hydrogen-bond acceptors (Lipinski definition) is 4. The highest BCUT2D eigenvalue weighted by molar-refractivity contribution is 5.80. The van der Waals surface area contributed by atoms with E-state index in [-0.39, 0.29) is 6.04 Å². The molecule has 0 fully saturated rings. The molecule has 1 unspecified atom stereocenters. The molecule has 0 bridgehead atoms. The van der Waals surface area contributed by atoms with Crippen molar-refractivity contribution in [2.45, 2.75) is 71.9 Å². The number of hydrogen-bond donors (Lipinski definition) is 3. The van der Waals surface area contributed by atoms with Gasteiger partial charge in [-0.1, -0.05) is 19.8 Å². The minimum absolute atomic E-state index is 0.0867. The summed E-state index contributed by atoms with van der Waals surface area (Å²) in [4.78, 5) is 16.6. The van der Waals surface area contributed by atoms with Gasteiger partial charge in [0.1, 0.15) is 5.60 Å². The maximum Gasteiger partial charge on any atom is 0.407 e. The Morgan fingerprint density at radius 3 is 2.64 bits per heavy atom. The van der Waals surface area contributed by atoms with Crippen LogP contribution in [0.1, 0.15) is 59.4 Å². The highest BCUT2D eigenvalue weighted by Gasteiger charge is 2.18. The third kappa shape index (κ3) is 10.8. The zero-order chi connectivity index (χ0) is 21.0. The molecule has 0 spiro atoms. The van der Waals surface area contributed by atoms with Gasteiger partial charge in [0, 0.05) is 38.9 Å². The van der Waals surface area contributed by atoms with Crippen molar-refractivity contribution in [2.75, 3.05) is 19.6 Å². The Labute approximate surface area is 169 Å². The van der Waals surface area contributed by atoms with E-state index in [1.165, 1.54) is 0 Å². The highest BCUT2D eigenvalue weighted by Crippen LogP contribution is 2.07. The van der Waals surface area contributed by atoms with Crippen molar-refractivity contribution in [1.29, 1.82) is 0 Å². The van der Waals surface area contributed by atoms with Crippen molar-refractivity contribution in [3.05, 3.63) is 18.0 Å². The van der Waals surface area contributed by atoms with Gasteiger partial charge in [-0.3, -0.25) is 9.67 Å². The summed E-state index contributed by atoms with van der Waals surface area (Å²) in [7, 11) is 1.91. The Bertz CT molecular complexity index is 606. The normalized spacial score (nSPS) is 13.1. The van der Waals surface area contributed by atoms with Crippen molar-refractivity contribution in [2.24, 2.45) is 12.0 Å². The van der Waals surface area contributed by atoms with Gasteiger partial charge < -0.3 is 20.7 Å². The monoisotopic (exact) mass is 394 g/mol. The molecule has 0 saturated heterocycles. The van der Waals surface area contributed by atoms with Gasteiger partial charge in [-0.25, -0.2) is 4.79 Å². The zero-order valence-corrected chi connectivity index (χ0v) is 18.3. The van der Waals surface area contributed by atoms with Crippen LogP contribution in [0, 0.1) is 0 Å². The van der Waals surface area contributed by atoms with Crippen molar-refractivity contribution in [1.82, 2.24) is 25.7 Å². The van der Waals surface area contributed by atoms with Crippen LogP contribution in [0.3, 0.4) is 0 Å². The molecule has 1 atom stereocenters. The fourth-order valence-electron chi connectivity index (χ4n) is 2.61. The summed E-state index contributed by atoms with van der Waals surface area (Å²) in [6.07, 6.45) is 7.42. The number of aryl methyl sites for hydroxylation is 1. The summed E-state index contributed by atoms with van der Waals surface area (Å²) in [6, 6.07) is 0.0867. The first-order chi connectivity index (χ1) is 13.2. The Kier molecular flexibility index (Phi) is 10.4. The molecule has 28 heavy (non-hydrogen) atoms. The Hall–Kier alpha value is -2.25. The lowest BCUT2D eigenvalue weighted by molar-refractivity contribution is 0.0522. The lowest BCUT2D eigenvalue weighted by atomic mass is 10.1. The third-order valence-corrected chi connectivity index (χ3v) is 3.91. The first-order valence-corrected chi connectivity index (χ1v) is 10.2. The summed E-state index contributed by atoms with van der Waals surface area (Å²) in [5, 5.41) is 13.8. The van der Waals surface area contributed by atoms with E-state index in [0.717, 1.165) is 43.8 Å². The Balaban J connectivity index is 2.61. The number of guanidine groups is 1. The van der Waals surface area contributed by atoms with Gasteiger partial charge in [-0.15, -0.1) is 0 Å². The zero-order valence-electron chi connectivity index (χ0n) is 18.3. The van der Waals surface area contributed by atoms with Crippen LogP contribution >= 0.6 is 0 Å². The fraction of sp³-hybridized carbons (Fsp3) is 0.750. The first-order valence-electron chi connectivity index (χ1n) is 10.2. The number of aliphatic imine (C=N–C) groups is 1. The topological polar surface area (TPSA) is 92.6 Å². The number of amides is 1. The number of rotatable bonds is 10. The van der Waals surface area contributed by atoms with E-state index in [1.54, 1.807) is 4.68 Å². The van der Waals surface area contributed by atoms with Gasteiger partial charge in [0.15, 0.2) is 5.96 Å². The van der Waals surface area contributed by atoms with Crippen LogP contribution in [0.2, 0.25) is 0 Å². The molecule has 3 N–H and O–H groups in total. The molecule has 1 rings (SSSR count). The minimum Gasteiger partial charge on any atom is -0.444 e. The number of aromatic nitrogens is 2. The van der Waals surface area contributed by atoms with Crippen LogP contribution in [-0.4, -0.2) is 53.1 Å². The average Bonchev–Trinajstić information content (AvgIpc) is 3.01. The third-order valence-electron chi connectivity index (χ3n) is 3.91. The van der Waals surface area contributed by atoms with Crippen molar-refractivity contribution >= 4 is 12.1 Å². The van der Waals surface area contributed by atoms with Gasteiger partial charge in [0.25, 0.3) is 0 Å². The summed E-state index contributed by atoms with van der Waals surface area (Å²) in [5.41, 5.74) is 0.662. The SMILES string of the molecule is CCCCC(CNC(=O)OC(C)(C)C)NC(=NCCc1cnn(C)c1)NCC. The van der Waals surface area contributed by atoms with Crippen LogP contribution in [0.5, 0.6) is 0 Å². The van der Waals surface area contributed by atoms with Gasteiger partial charge in [0.05, 0.1) is 6.20 Å². The summed E-state index contributed by atoms with van der Waals surface area (Å²) in [6.45, 7) is 11.7. The molecule has 160 valence electrons. The number of nitrogens with one attached hydrogen (secondary N) is 3. The summed E-state index contributed by atoms with van der Waals surface area (Å²) in [5.74, 6) is 0.762. The maximum atomic E-state index is 12.0. The molecule has 8 nitrogen and oxygen atoms in total. The molecule has 0 aromatic carbocycles. The molecule has 0 aliphatic carbocycles. The van der Waals surface area contributed by atoms with E-state index in [4.69, 9.17) is 4.74 Å². The van der Waals surface area contributed by atoms with Gasteiger partial charge in [-0.05, 0) is 46.1 Å². The molecule has 0 saturated carbocycles. The Morgan fingerprint density at radius 1 is 1.32 bits per heavy atom. The number of alkyl carbamates (subject to hydrolysis) is 1. The largest absolute Gasteiger partial charge is 0.444 e. The second-order valence-electron chi connectivity index (χ2n) is 7.90. The van der Waals surface area contributed by atoms with Crippen LogP contribution in [0.25, 0.3) is 0 Å². The molecule has 0 aliphatic heterocycles. The molecule has 1 aromatic heterocycles. The molecule has 0 aliphatic rings. The van der Waals surface area contributed by atoms with Crippen molar-refractivity contribution in [3.63, 3.8) is 0 Å². The van der Waals surface area contributed by atoms with Crippen LogP contribution < -0.4 is 16.0 Å². The number of ether oxygens (including phenoxy) is 1. The summed E-state index contributed by atoms with van der Waals surface area (Å²) >= 11 is 0. The number of nitrogens with zero attached hydrogens (tertiary/aromatic N) is 3. The van der Waals surface area contributed by atoms with E-state index in [2.05, 4.69) is 33.0 Å². The van der Waals surface area contributed by atoms with Gasteiger partial charge >= 0.3 is 6.09 Å². The van der Waals surface area contributed by atoms with Crippen LogP contribution in [-0.2, 0) is 18.2 Å². The fourth-order valence-corrected chi connectivity index (χ4v) is 2.61. The lowest BCUT2D eigenvalue weighted by Crippen LogP contribution is -2.49. The molecular weight excluding hydrogens is 356 g/mol. The second-order valence-corrected chi connectivity index (χ2v) is 7.90. The van der Waals surface area contributed by atoms with E-state index in [9.17, 15) is 4.79 Å².